The number of fused-ring (bicyclic) bond motifs is 3. The molecule has 0 radical (unpaired) electrons. The summed E-state index contributed by atoms with van der Waals surface area (Å²) < 4.78 is 0.842. The van der Waals surface area contributed by atoms with Gasteiger partial charge in [0.15, 0.2) is 11.4 Å². The molecule has 4 atom stereocenters. The first-order valence-electron chi connectivity index (χ1n) is 13.6. The maximum absolute atomic E-state index is 13.9. The van der Waals surface area contributed by atoms with Crippen LogP contribution in [0.5, 0.6) is 5.75 Å². The Labute approximate surface area is 240 Å². The van der Waals surface area contributed by atoms with Crippen molar-refractivity contribution in [1.82, 2.24) is 4.90 Å². The van der Waals surface area contributed by atoms with Crippen LogP contribution in [0, 0.1) is 21.3 Å². The van der Waals surface area contributed by atoms with E-state index in [1.807, 2.05) is 6.07 Å². The first kappa shape index (κ1) is 28.1. The second-order valence-corrected chi connectivity index (χ2v) is 12.9. The van der Waals surface area contributed by atoms with Crippen molar-refractivity contribution in [2.75, 3.05) is 14.1 Å². The molecule has 0 bridgehead atoms. The van der Waals surface area contributed by atoms with Crippen LogP contribution >= 0.6 is 22.6 Å². The average molecular weight is 651 g/mol. The molecule has 210 valence electrons. The number of rotatable bonds is 5. The van der Waals surface area contributed by atoms with Gasteiger partial charge in [-0.25, -0.2) is 0 Å². The number of benzene rings is 1. The number of phenolic OH excluding ortho intramolecular Hbond substituents is 1. The summed E-state index contributed by atoms with van der Waals surface area (Å²) >= 11 is 2.18. The molecule has 9 nitrogen and oxygen atoms in total. The first-order valence-corrected chi connectivity index (χ1v) is 14.6. The smallest absolute Gasteiger partial charge is 0.255 e. The molecular weight excluding hydrogens is 615 g/mol. The van der Waals surface area contributed by atoms with Gasteiger partial charge in [0.1, 0.15) is 22.8 Å². The minimum atomic E-state index is -2.62. The van der Waals surface area contributed by atoms with Crippen molar-refractivity contribution in [2.45, 2.75) is 69.4 Å². The van der Waals surface area contributed by atoms with Gasteiger partial charge < -0.3 is 26.2 Å². The van der Waals surface area contributed by atoms with Crippen LogP contribution in [0.3, 0.4) is 0 Å². The number of aromatic hydroxyl groups is 1. The van der Waals surface area contributed by atoms with Crippen molar-refractivity contribution >= 4 is 40.1 Å². The van der Waals surface area contributed by atoms with Gasteiger partial charge in [-0.2, -0.15) is 0 Å². The number of allylic oxidation sites excluding steroid dienone is 1. The molecule has 0 spiro atoms. The van der Waals surface area contributed by atoms with E-state index in [0.717, 1.165) is 9.99 Å². The summed E-state index contributed by atoms with van der Waals surface area (Å²) in [5.74, 6) is -5.59. The van der Waals surface area contributed by atoms with Crippen molar-refractivity contribution in [2.24, 2.45) is 23.5 Å². The number of ketones is 2. The number of carbonyl (C=O) groups excluding carboxylic acids is 3. The monoisotopic (exact) mass is 650 g/mol. The summed E-state index contributed by atoms with van der Waals surface area (Å²) in [7, 11) is 3.23. The Morgan fingerprint density at radius 3 is 2.44 bits per heavy atom. The summed E-state index contributed by atoms with van der Waals surface area (Å²) in [4.78, 5) is 41.0. The molecule has 1 aromatic carbocycles. The topological polar surface area (TPSA) is 161 Å². The lowest BCUT2D eigenvalue weighted by Crippen LogP contribution is -2.63. The van der Waals surface area contributed by atoms with E-state index in [9.17, 15) is 34.8 Å². The molecule has 1 aromatic rings. The quantitative estimate of drug-likeness (QED) is 0.240. The number of primary amides is 1. The Kier molecular flexibility index (Phi) is 7.34. The number of aryl methyl sites for hydroxylation is 1. The van der Waals surface area contributed by atoms with E-state index in [-0.39, 0.29) is 23.3 Å². The second kappa shape index (κ2) is 10.2. The van der Waals surface area contributed by atoms with Crippen molar-refractivity contribution in [3.8, 4) is 5.75 Å². The standard InChI is InChI=1S/C29H35IN2O7/c1-32(2)22-17-11-15-10-16-18(30)12-14(9-8-13-6-4-3-5-7-13)23(33)20(16)24(34)19(15)26(36)29(17,39)27(37)21(25(22)35)28(31)38/h12-13,15,17,22,33,35-36,39H,3-11H2,1-2H3,(H2,31,38). The number of amides is 1. The number of carbonyl (C=O) groups is 3. The Bertz CT molecular complexity index is 1330. The van der Waals surface area contributed by atoms with Crippen LogP contribution in [-0.2, 0) is 22.4 Å². The van der Waals surface area contributed by atoms with Crippen LogP contribution in [0.2, 0.25) is 0 Å². The Balaban J connectivity index is 1.59. The van der Waals surface area contributed by atoms with Gasteiger partial charge in [-0.15, -0.1) is 0 Å². The average Bonchev–Trinajstić information content (AvgIpc) is 2.87. The third-order valence-corrected chi connectivity index (χ3v) is 10.3. The zero-order valence-corrected chi connectivity index (χ0v) is 24.3. The lowest BCUT2D eigenvalue weighted by atomic mass is 9.58. The molecule has 10 heteroatoms. The number of aliphatic hydroxyl groups excluding tert-OH is 2. The SMILES string of the molecule is CN(C)C1C(O)=C(C(N)=O)C(=O)C2(O)C(O)=C3C(=O)c4c(O)c(CCC5CCCCC5)cc(I)c4CC3CC12. The summed E-state index contributed by atoms with van der Waals surface area (Å²) in [6.45, 7) is 0. The van der Waals surface area contributed by atoms with Crippen molar-refractivity contribution in [3.05, 3.63) is 49.0 Å². The number of hydrogen-bond donors (Lipinski definition) is 5. The van der Waals surface area contributed by atoms with Crippen LogP contribution in [0.25, 0.3) is 0 Å². The summed E-state index contributed by atoms with van der Waals surface area (Å²) in [6, 6.07) is 0.934. The molecule has 4 aliphatic rings. The fourth-order valence-corrected chi connectivity index (χ4v) is 8.22. The molecule has 4 unspecified atom stereocenters. The third kappa shape index (κ3) is 4.30. The molecule has 1 amide bonds. The summed E-state index contributed by atoms with van der Waals surface area (Å²) in [6.07, 6.45) is 7.97. The Morgan fingerprint density at radius 2 is 1.82 bits per heavy atom. The third-order valence-electron chi connectivity index (χ3n) is 9.29. The molecule has 4 aliphatic carbocycles. The Hall–Kier alpha value is -2.44. The highest BCUT2D eigenvalue weighted by Crippen LogP contribution is 2.53. The minimum Gasteiger partial charge on any atom is -0.510 e. The minimum absolute atomic E-state index is 0.0893. The number of halogens is 1. The van der Waals surface area contributed by atoms with E-state index in [0.29, 0.717) is 29.9 Å². The fraction of sp³-hybridized carbons (Fsp3) is 0.552. The highest BCUT2D eigenvalue weighted by molar-refractivity contribution is 14.1. The van der Waals surface area contributed by atoms with Gasteiger partial charge in [0, 0.05) is 15.1 Å². The highest BCUT2D eigenvalue weighted by atomic mass is 127. The molecule has 1 fully saturated rings. The van der Waals surface area contributed by atoms with Crippen LogP contribution in [0.1, 0.15) is 66.4 Å². The van der Waals surface area contributed by atoms with Gasteiger partial charge in [-0.3, -0.25) is 19.3 Å². The number of likely N-dealkylation sites (N-methyl/N-ethyl adjacent to an activating group) is 1. The van der Waals surface area contributed by atoms with Gasteiger partial charge >= 0.3 is 0 Å². The highest BCUT2D eigenvalue weighted by Gasteiger charge is 2.63. The zero-order valence-electron chi connectivity index (χ0n) is 22.2. The molecule has 6 N–H and O–H groups in total. The second-order valence-electron chi connectivity index (χ2n) is 11.7. The van der Waals surface area contributed by atoms with E-state index < -0.39 is 58.0 Å². The zero-order chi connectivity index (χ0) is 28.4. The molecular formula is C29H35IN2O7. The van der Waals surface area contributed by atoms with Gasteiger partial charge in [-0.1, -0.05) is 32.1 Å². The number of phenols is 1. The molecule has 0 saturated heterocycles. The number of nitrogens with zero attached hydrogens (tertiary/aromatic N) is 1. The van der Waals surface area contributed by atoms with Gasteiger partial charge in [0.25, 0.3) is 5.91 Å². The summed E-state index contributed by atoms with van der Waals surface area (Å²) in [5, 5.41) is 45.3. The van der Waals surface area contributed by atoms with E-state index in [1.54, 1.807) is 19.0 Å². The summed E-state index contributed by atoms with van der Waals surface area (Å²) in [5.41, 5.74) is 3.30. The number of Topliss-reactive ketones (excluding diaryl/α,β-unsaturated/α-hetero) is 2. The molecule has 0 aromatic heterocycles. The van der Waals surface area contributed by atoms with Gasteiger partial charge in [0.2, 0.25) is 5.78 Å². The predicted octanol–water partition coefficient (Wildman–Crippen LogP) is 3.24. The van der Waals surface area contributed by atoms with Crippen LogP contribution < -0.4 is 5.73 Å². The van der Waals surface area contributed by atoms with Gasteiger partial charge in [-0.05, 0) is 91.4 Å². The van der Waals surface area contributed by atoms with E-state index in [4.69, 9.17) is 5.73 Å². The Morgan fingerprint density at radius 1 is 1.15 bits per heavy atom. The molecule has 1 saturated carbocycles. The van der Waals surface area contributed by atoms with E-state index in [1.165, 1.54) is 32.1 Å². The van der Waals surface area contributed by atoms with E-state index in [2.05, 4.69) is 22.6 Å². The van der Waals surface area contributed by atoms with E-state index >= 15 is 0 Å². The molecule has 0 aliphatic heterocycles. The number of hydrogen-bond acceptors (Lipinski definition) is 8. The van der Waals surface area contributed by atoms with Crippen molar-refractivity contribution in [3.63, 3.8) is 0 Å². The largest absolute Gasteiger partial charge is 0.510 e. The van der Waals surface area contributed by atoms with Crippen LogP contribution in [0.15, 0.2) is 28.7 Å². The lowest BCUT2D eigenvalue weighted by Gasteiger charge is -2.50. The maximum Gasteiger partial charge on any atom is 0.255 e. The van der Waals surface area contributed by atoms with Gasteiger partial charge in [0.05, 0.1) is 11.6 Å². The molecule has 5 rings (SSSR count). The van der Waals surface area contributed by atoms with Crippen molar-refractivity contribution < 1.29 is 34.8 Å². The number of aliphatic hydroxyl groups is 3. The molecule has 39 heavy (non-hydrogen) atoms. The fourth-order valence-electron chi connectivity index (χ4n) is 7.35. The molecule has 0 heterocycles. The maximum atomic E-state index is 13.9. The van der Waals surface area contributed by atoms with Crippen molar-refractivity contribution in [1.29, 1.82) is 0 Å². The first-order chi connectivity index (χ1) is 18.4. The van der Waals surface area contributed by atoms with Crippen LogP contribution in [0.4, 0.5) is 0 Å². The number of nitrogens with two attached hydrogens (primary N) is 1. The predicted molar refractivity (Wildman–Crippen MR) is 151 cm³/mol. The normalized spacial score (nSPS) is 29.4. The van der Waals surface area contributed by atoms with Crippen LogP contribution in [-0.4, -0.2) is 68.5 Å². The lowest BCUT2D eigenvalue weighted by molar-refractivity contribution is -0.148.